The van der Waals surface area contributed by atoms with E-state index in [0.29, 0.717) is 19.4 Å². The minimum atomic E-state index is -5.08. The third-order valence-electron chi connectivity index (χ3n) is 6.99. The number of rotatable bonds is 16. The van der Waals surface area contributed by atoms with Gasteiger partial charge in [-0.05, 0) is 42.0 Å². The minimum absolute atomic E-state index is 0.0378. The molecule has 0 fully saturated rings. The van der Waals surface area contributed by atoms with Gasteiger partial charge in [-0.2, -0.15) is 13.2 Å². The Morgan fingerprint density at radius 1 is 0.788 bits per heavy atom. The number of aliphatic imine (C=N–C) groups is 1. The van der Waals surface area contributed by atoms with Crippen LogP contribution in [-0.4, -0.2) is 72.8 Å². The molecule has 0 unspecified atom stereocenters. The molecule has 3 aromatic rings. The number of carboxylic acids is 1. The van der Waals surface area contributed by atoms with Crippen LogP contribution >= 0.6 is 0 Å². The molecule has 0 aliphatic carbocycles. The molecule has 3 rings (SSSR count). The highest BCUT2D eigenvalue weighted by atomic mass is 19.4. The van der Waals surface area contributed by atoms with Gasteiger partial charge in [0.25, 0.3) is 0 Å². The van der Waals surface area contributed by atoms with Crippen molar-refractivity contribution in [3.8, 4) is 0 Å². The van der Waals surface area contributed by atoms with Crippen molar-refractivity contribution in [2.75, 3.05) is 19.7 Å². The summed E-state index contributed by atoms with van der Waals surface area (Å²) in [7, 11) is 0. The van der Waals surface area contributed by atoms with Crippen LogP contribution in [-0.2, 0) is 37.0 Å². The molecule has 0 aromatic heterocycles. The van der Waals surface area contributed by atoms with E-state index in [1.807, 2.05) is 84.9 Å². The highest BCUT2D eigenvalue weighted by molar-refractivity contribution is 5.92. The van der Waals surface area contributed by atoms with Gasteiger partial charge in [-0.1, -0.05) is 84.9 Å². The van der Waals surface area contributed by atoms with E-state index in [1.165, 1.54) is 0 Å². The van der Waals surface area contributed by atoms with E-state index in [9.17, 15) is 32.3 Å². The lowest BCUT2D eigenvalue weighted by Crippen LogP contribution is -2.48. The second kappa shape index (κ2) is 21.8. The van der Waals surface area contributed by atoms with Crippen molar-refractivity contribution in [1.82, 2.24) is 21.3 Å². The average Bonchev–Trinajstić information content (AvgIpc) is 3.11. The molecule has 9 N–H and O–H groups in total. The smallest absolute Gasteiger partial charge is 0.475 e. The monoisotopic (exact) mass is 729 g/mol. The number of halogens is 3. The molecule has 52 heavy (non-hydrogen) atoms. The van der Waals surface area contributed by atoms with Gasteiger partial charge in [0.05, 0.1) is 12.5 Å². The Bertz CT molecular complexity index is 1580. The molecule has 1 atom stereocenters. The second-order valence-electron chi connectivity index (χ2n) is 10.9. The first-order chi connectivity index (χ1) is 24.7. The van der Waals surface area contributed by atoms with Crippen LogP contribution < -0.4 is 32.7 Å². The molecule has 3 aromatic carbocycles. The van der Waals surface area contributed by atoms with Gasteiger partial charge >= 0.3 is 24.1 Å². The van der Waals surface area contributed by atoms with Gasteiger partial charge in [0.1, 0.15) is 12.6 Å². The Kier molecular flexibility index (Phi) is 17.7. The van der Waals surface area contributed by atoms with Crippen LogP contribution in [0.15, 0.2) is 89.9 Å². The normalized spacial score (nSPS) is 11.2. The lowest BCUT2D eigenvalue weighted by Gasteiger charge is -2.23. The SMILES string of the molecule is CCOC(=O)CNC(=O)NCc1ccc(CNC(=O)[C@@H](CCCN=C(N)N)NC(=O)C(c2ccccc2)c2ccccc2)cc1.O=C(O)C(F)(F)F. The van der Waals surface area contributed by atoms with Crippen LogP contribution in [0.5, 0.6) is 0 Å². The highest BCUT2D eigenvalue weighted by Gasteiger charge is 2.38. The van der Waals surface area contributed by atoms with Crippen molar-refractivity contribution < 1.29 is 47.0 Å². The van der Waals surface area contributed by atoms with Crippen LogP contribution in [0.4, 0.5) is 18.0 Å². The zero-order valence-electron chi connectivity index (χ0n) is 28.3. The molecule has 0 saturated carbocycles. The van der Waals surface area contributed by atoms with Gasteiger partial charge in [0.2, 0.25) is 11.8 Å². The van der Waals surface area contributed by atoms with Gasteiger partial charge < -0.3 is 42.6 Å². The minimum Gasteiger partial charge on any atom is -0.475 e. The van der Waals surface area contributed by atoms with Crippen molar-refractivity contribution in [3.63, 3.8) is 0 Å². The van der Waals surface area contributed by atoms with E-state index in [2.05, 4.69) is 26.3 Å². The molecule has 0 aliphatic rings. The van der Waals surface area contributed by atoms with E-state index in [1.54, 1.807) is 6.92 Å². The third-order valence-corrected chi connectivity index (χ3v) is 6.99. The number of hydrogen-bond acceptors (Lipinski definition) is 7. The Hall–Kier alpha value is -6.13. The zero-order valence-corrected chi connectivity index (χ0v) is 28.3. The fourth-order valence-electron chi connectivity index (χ4n) is 4.51. The number of carboxylic acid groups (broad SMARTS) is 1. The maximum absolute atomic E-state index is 13.7. The van der Waals surface area contributed by atoms with E-state index >= 15 is 0 Å². The number of nitrogens with two attached hydrogens (primary N) is 2. The first kappa shape index (κ1) is 42.0. The zero-order chi connectivity index (χ0) is 38.5. The molecular weight excluding hydrogens is 687 g/mol. The van der Waals surface area contributed by atoms with Gasteiger partial charge in [0.15, 0.2) is 5.96 Å². The molecular formula is C35H42F3N7O7. The number of ether oxygens (including phenoxy) is 1. The number of urea groups is 1. The van der Waals surface area contributed by atoms with Gasteiger partial charge in [-0.3, -0.25) is 19.4 Å². The van der Waals surface area contributed by atoms with Crippen molar-refractivity contribution in [1.29, 1.82) is 0 Å². The number of aliphatic carboxylic acids is 1. The summed E-state index contributed by atoms with van der Waals surface area (Å²) in [6, 6.07) is 24.8. The van der Waals surface area contributed by atoms with Gasteiger partial charge in [-0.15, -0.1) is 0 Å². The molecule has 0 aliphatic heterocycles. The molecule has 4 amide bonds. The number of guanidine groups is 1. The van der Waals surface area contributed by atoms with Crippen molar-refractivity contribution in [3.05, 3.63) is 107 Å². The topological polar surface area (TPSA) is 227 Å². The number of carbonyl (C=O) groups excluding carboxylic acids is 4. The Morgan fingerprint density at radius 3 is 1.75 bits per heavy atom. The van der Waals surface area contributed by atoms with Crippen LogP contribution in [0.3, 0.4) is 0 Å². The van der Waals surface area contributed by atoms with E-state index < -0.39 is 36.1 Å². The van der Waals surface area contributed by atoms with E-state index in [0.717, 1.165) is 22.3 Å². The van der Waals surface area contributed by atoms with Crippen molar-refractivity contribution >= 4 is 35.7 Å². The number of carbonyl (C=O) groups is 5. The van der Waals surface area contributed by atoms with Crippen LogP contribution in [0, 0.1) is 0 Å². The molecule has 0 saturated heterocycles. The quantitative estimate of drug-likeness (QED) is 0.0497. The molecule has 14 nitrogen and oxygen atoms in total. The molecule has 0 spiro atoms. The standard InChI is InChI=1S/C33H41N7O5.C2HF3O2/c1-2-45-28(41)22-39-33(44)38-21-24-17-15-23(16-18-24)20-37-30(42)27(14-9-19-36-32(34)35)40-31(43)29(25-10-5-3-6-11-25)26-12-7-4-8-13-26;3-2(4,5)1(6)7/h3-8,10-13,15-18,27,29H,2,9,14,19-22H2,1H3,(H,37,42)(H,40,43)(H4,34,35,36)(H2,38,39,44);(H,6,7)/t27-;/m1./s1. The summed E-state index contributed by atoms with van der Waals surface area (Å²) in [5.74, 6) is -4.54. The summed E-state index contributed by atoms with van der Waals surface area (Å²) in [5, 5.41) is 18.1. The number of hydrogen-bond donors (Lipinski definition) is 7. The summed E-state index contributed by atoms with van der Waals surface area (Å²) >= 11 is 0. The summed E-state index contributed by atoms with van der Waals surface area (Å²) in [6.45, 7) is 2.51. The highest BCUT2D eigenvalue weighted by Crippen LogP contribution is 2.25. The average molecular weight is 730 g/mol. The van der Waals surface area contributed by atoms with Crippen LogP contribution in [0.2, 0.25) is 0 Å². The molecule has 17 heteroatoms. The molecule has 0 radical (unpaired) electrons. The molecule has 280 valence electrons. The summed E-state index contributed by atoms with van der Waals surface area (Å²) < 4.78 is 36.5. The number of nitrogens with zero attached hydrogens (tertiary/aromatic N) is 1. The van der Waals surface area contributed by atoms with Gasteiger partial charge in [0, 0.05) is 19.6 Å². The molecule has 0 bridgehead atoms. The number of alkyl halides is 3. The fourth-order valence-corrected chi connectivity index (χ4v) is 4.51. The number of nitrogens with one attached hydrogen (secondary N) is 4. The number of esters is 1. The Morgan fingerprint density at radius 2 is 1.29 bits per heavy atom. The Balaban J connectivity index is 0.00000121. The van der Waals surface area contributed by atoms with Crippen molar-refractivity contribution in [2.24, 2.45) is 16.5 Å². The number of benzene rings is 3. The van der Waals surface area contributed by atoms with E-state index in [-0.39, 0.29) is 44.0 Å². The van der Waals surface area contributed by atoms with Crippen LogP contribution in [0.1, 0.15) is 47.9 Å². The fraction of sp³-hybridized carbons (Fsp3) is 0.314. The first-order valence-electron chi connectivity index (χ1n) is 16.0. The summed E-state index contributed by atoms with van der Waals surface area (Å²) in [4.78, 5) is 63.3. The summed E-state index contributed by atoms with van der Waals surface area (Å²) in [6.07, 6.45) is -4.28. The van der Waals surface area contributed by atoms with E-state index in [4.69, 9.17) is 26.1 Å². The Labute approximate surface area is 298 Å². The second-order valence-corrected chi connectivity index (χ2v) is 10.9. The van der Waals surface area contributed by atoms with Gasteiger partial charge in [-0.25, -0.2) is 9.59 Å². The lowest BCUT2D eigenvalue weighted by atomic mass is 9.90. The summed E-state index contributed by atoms with van der Waals surface area (Å²) in [5.41, 5.74) is 14.2. The largest absolute Gasteiger partial charge is 0.490 e. The van der Waals surface area contributed by atoms with Crippen LogP contribution in [0.25, 0.3) is 0 Å². The predicted molar refractivity (Wildman–Crippen MR) is 185 cm³/mol. The van der Waals surface area contributed by atoms with Crippen molar-refractivity contribution in [2.45, 2.75) is 51.0 Å². The lowest BCUT2D eigenvalue weighted by molar-refractivity contribution is -0.192. The third kappa shape index (κ3) is 16.1. The molecule has 0 heterocycles. The predicted octanol–water partition coefficient (Wildman–Crippen LogP) is 2.67. The number of amides is 4. The first-order valence-corrected chi connectivity index (χ1v) is 16.0. The maximum atomic E-state index is 13.7. The maximum Gasteiger partial charge on any atom is 0.490 e.